The van der Waals surface area contributed by atoms with E-state index in [9.17, 15) is 4.79 Å². The largest absolute Gasteiger partial charge is 0.355 e. The maximum atomic E-state index is 12.2. The third-order valence-electron chi connectivity index (χ3n) is 4.45. The van der Waals surface area contributed by atoms with Crippen LogP contribution in [0.2, 0.25) is 10.0 Å². The van der Waals surface area contributed by atoms with Gasteiger partial charge < -0.3 is 5.32 Å². The molecule has 0 heterocycles. The van der Waals surface area contributed by atoms with E-state index in [2.05, 4.69) is 24.4 Å². The Hall–Kier alpha value is -1.84. The molecule has 5 heteroatoms. The monoisotopic (exact) mass is 418 g/mol. The fourth-order valence-corrected chi connectivity index (χ4v) is 3.24. The van der Waals surface area contributed by atoms with Crippen LogP contribution in [0.3, 0.4) is 0 Å². The number of hydrogen-bond donors (Lipinski definition) is 1. The lowest BCUT2D eigenvalue weighted by atomic mass is 10.1. The first-order valence-corrected chi connectivity index (χ1v) is 10.6. The number of unbranched alkanes of at least 4 members (excludes halogenated alkanes) is 3. The zero-order valence-electron chi connectivity index (χ0n) is 16.4. The molecular weight excluding hydrogens is 391 g/mol. The van der Waals surface area contributed by atoms with E-state index in [1.807, 2.05) is 24.3 Å². The van der Waals surface area contributed by atoms with Gasteiger partial charge in [-0.25, -0.2) is 0 Å². The molecule has 0 radical (unpaired) electrons. The number of halogens is 2. The Kier molecular flexibility index (Phi) is 10.1. The Bertz CT molecular complexity index is 775. The zero-order chi connectivity index (χ0) is 20.2. The predicted octanol–water partition coefficient (Wildman–Crippen LogP) is 6.11. The number of benzene rings is 2. The van der Waals surface area contributed by atoms with Crippen LogP contribution < -0.4 is 5.32 Å². The molecule has 28 heavy (non-hydrogen) atoms. The van der Waals surface area contributed by atoms with Gasteiger partial charge in [0.25, 0.3) is 0 Å². The lowest BCUT2D eigenvalue weighted by Gasteiger charge is -2.10. The fourth-order valence-electron chi connectivity index (χ4n) is 2.92. The van der Waals surface area contributed by atoms with Crippen LogP contribution in [0.1, 0.15) is 50.2 Å². The lowest BCUT2D eigenvalue weighted by molar-refractivity contribution is -0.120. The highest BCUT2D eigenvalue weighted by molar-refractivity contribution is 6.42. The Morgan fingerprint density at radius 2 is 1.79 bits per heavy atom. The summed E-state index contributed by atoms with van der Waals surface area (Å²) in [7, 11) is 0. The van der Waals surface area contributed by atoms with Crippen molar-refractivity contribution in [2.24, 2.45) is 4.99 Å². The van der Waals surface area contributed by atoms with Gasteiger partial charge >= 0.3 is 0 Å². The van der Waals surface area contributed by atoms with Crippen LogP contribution in [-0.4, -0.2) is 24.7 Å². The van der Waals surface area contributed by atoms with E-state index in [0.29, 0.717) is 23.0 Å². The molecule has 2 aromatic carbocycles. The molecule has 0 aliphatic rings. The van der Waals surface area contributed by atoms with E-state index < -0.39 is 0 Å². The van der Waals surface area contributed by atoms with Crippen molar-refractivity contribution in [1.82, 2.24) is 5.32 Å². The predicted molar refractivity (Wildman–Crippen MR) is 120 cm³/mol. The summed E-state index contributed by atoms with van der Waals surface area (Å²) in [5, 5.41) is 3.94. The van der Waals surface area contributed by atoms with Gasteiger partial charge in [0, 0.05) is 25.2 Å². The molecule has 0 bridgehead atoms. The van der Waals surface area contributed by atoms with Crippen molar-refractivity contribution in [2.45, 2.75) is 45.4 Å². The number of carbonyl (C=O) groups is 1. The highest BCUT2D eigenvalue weighted by Crippen LogP contribution is 2.22. The second-order valence-electron chi connectivity index (χ2n) is 6.78. The summed E-state index contributed by atoms with van der Waals surface area (Å²) in [5.41, 5.74) is 3.02. The minimum Gasteiger partial charge on any atom is -0.355 e. The maximum Gasteiger partial charge on any atom is 0.224 e. The van der Waals surface area contributed by atoms with Crippen LogP contribution in [0.4, 0.5) is 0 Å². The molecule has 0 saturated carbocycles. The molecule has 0 saturated heterocycles. The van der Waals surface area contributed by atoms with Crippen molar-refractivity contribution in [3.8, 4) is 0 Å². The summed E-state index contributed by atoms with van der Waals surface area (Å²) in [6.45, 7) is 3.60. The van der Waals surface area contributed by atoms with Crippen LogP contribution in [0.15, 0.2) is 53.5 Å². The number of nitrogens with zero attached hydrogens (tertiary/aromatic N) is 1. The second kappa shape index (κ2) is 12.6. The average molecular weight is 419 g/mol. The minimum atomic E-state index is -0.0336. The van der Waals surface area contributed by atoms with Crippen molar-refractivity contribution < 1.29 is 4.79 Å². The SMILES string of the molecule is CCCCCCN=C(CCNC(=O)Cc1ccc(Cl)c(Cl)c1)c1ccccc1. The van der Waals surface area contributed by atoms with Crippen molar-refractivity contribution >= 4 is 34.8 Å². The van der Waals surface area contributed by atoms with Crippen molar-refractivity contribution in [2.75, 3.05) is 13.1 Å². The molecule has 1 amide bonds. The molecule has 0 aromatic heterocycles. The van der Waals surface area contributed by atoms with E-state index in [1.165, 1.54) is 19.3 Å². The summed E-state index contributed by atoms with van der Waals surface area (Å²) >= 11 is 11.9. The Balaban J connectivity index is 1.86. The first-order valence-electron chi connectivity index (χ1n) is 9.89. The molecule has 0 aliphatic carbocycles. The third kappa shape index (κ3) is 8.04. The van der Waals surface area contributed by atoms with Gasteiger partial charge in [0.2, 0.25) is 5.91 Å². The van der Waals surface area contributed by atoms with Crippen LogP contribution in [-0.2, 0) is 11.2 Å². The number of aliphatic imine (C=N–C) groups is 1. The van der Waals surface area contributed by atoms with Gasteiger partial charge in [0.15, 0.2) is 0 Å². The molecular formula is C23H28Cl2N2O. The normalized spacial score (nSPS) is 11.5. The van der Waals surface area contributed by atoms with Gasteiger partial charge in [0.05, 0.1) is 16.5 Å². The van der Waals surface area contributed by atoms with Crippen molar-refractivity contribution in [1.29, 1.82) is 0 Å². The van der Waals surface area contributed by atoms with Crippen LogP contribution in [0, 0.1) is 0 Å². The lowest BCUT2D eigenvalue weighted by Crippen LogP contribution is -2.27. The quantitative estimate of drug-likeness (QED) is 0.346. The Labute approximate surface area is 178 Å². The molecule has 0 unspecified atom stereocenters. The van der Waals surface area contributed by atoms with E-state index in [0.717, 1.165) is 29.8 Å². The summed E-state index contributed by atoms with van der Waals surface area (Å²) < 4.78 is 0. The number of rotatable bonds is 11. The van der Waals surface area contributed by atoms with Gasteiger partial charge in [-0.2, -0.15) is 0 Å². The summed E-state index contributed by atoms with van der Waals surface area (Å²) in [6, 6.07) is 15.4. The molecule has 3 nitrogen and oxygen atoms in total. The van der Waals surface area contributed by atoms with Crippen LogP contribution in [0.5, 0.6) is 0 Å². The minimum absolute atomic E-state index is 0.0336. The van der Waals surface area contributed by atoms with Crippen molar-refractivity contribution in [3.63, 3.8) is 0 Å². The first-order chi connectivity index (χ1) is 13.6. The molecule has 0 atom stereocenters. The number of nitrogens with one attached hydrogen (secondary N) is 1. The molecule has 150 valence electrons. The van der Waals surface area contributed by atoms with Gasteiger partial charge in [-0.15, -0.1) is 0 Å². The molecule has 0 aliphatic heterocycles. The second-order valence-corrected chi connectivity index (χ2v) is 7.59. The van der Waals surface area contributed by atoms with Crippen LogP contribution in [0.25, 0.3) is 0 Å². The highest BCUT2D eigenvalue weighted by Gasteiger charge is 2.08. The average Bonchev–Trinajstić information content (AvgIpc) is 2.70. The molecule has 1 N–H and O–H groups in total. The standard InChI is InChI=1S/C23H28Cl2N2O/c1-2-3-4-8-14-26-22(19-9-6-5-7-10-19)13-15-27-23(28)17-18-11-12-20(24)21(25)16-18/h5-7,9-12,16H,2-4,8,13-15,17H2,1H3,(H,27,28). The van der Waals surface area contributed by atoms with E-state index in [4.69, 9.17) is 28.2 Å². The molecule has 0 spiro atoms. The summed E-state index contributed by atoms with van der Waals surface area (Å²) in [4.78, 5) is 17.0. The highest BCUT2D eigenvalue weighted by atomic mass is 35.5. The number of hydrogen-bond acceptors (Lipinski definition) is 2. The van der Waals surface area contributed by atoms with Gasteiger partial charge in [-0.1, -0.05) is 85.8 Å². The fraction of sp³-hybridized carbons (Fsp3) is 0.391. The zero-order valence-corrected chi connectivity index (χ0v) is 17.9. The van der Waals surface area contributed by atoms with E-state index in [-0.39, 0.29) is 12.3 Å². The Morgan fingerprint density at radius 3 is 2.50 bits per heavy atom. The number of carbonyl (C=O) groups excluding carboxylic acids is 1. The Morgan fingerprint density at radius 1 is 1.00 bits per heavy atom. The maximum absolute atomic E-state index is 12.2. The topological polar surface area (TPSA) is 41.5 Å². The summed E-state index contributed by atoms with van der Waals surface area (Å²) in [5.74, 6) is -0.0336. The van der Waals surface area contributed by atoms with Crippen LogP contribution >= 0.6 is 23.2 Å². The summed E-state index contributed by atoms with van der Waals surface area (Å²) in [6.07, 6.45) is 5.79. The molecule has 2 rings (SSSR count). The molecule has 0 fully saturated rings. The van der Waals surface area contributed by atoms with E-state index >= 15 is 0 Å². The van der Waals surface area contributed by atoms with Gasteiger partial charge in [-0.3, -0.25) is 9.79 Å². The van der Waals surface area contributed by atoms with Gasteiger partial charge in [0.1, 0.15) is 0 Å². The van der Waals surface area contributed by atoms with E-state index in [1.54, 1.807) is 12.1 Å². The number of amides is 1. The van der Waals surface area contributed by atoms with Crippen molar-refractivity contribution in [3.05, 3.63) is 69.7 Å². The first kappa shape index (κ1) is 22.4. The van der Waals surface area contributed by atoms with Gasteiger partial charge in [-0.05, 0) is 29.7 Å². The molecule has 2 aromatic rings. The third-order valence-corrected chi connectivity index (χ3v) is 5.19. The smallest absolute Gasteiger partial charge is 0.224 e.